The molecule has 1 aliphatic heterocycles. The van der Waals surface area contributed by atoms with Crippen LogP contribution in [0.2, 0.25) is 0 Å². The number of aromatic nitrogens is 2. The van der Waals surface area contributed by atoms with Gasteiger partial charge in [-0.15, -0.1) is 0 Å². The number of hydrogen-bond donors (Lipinski definition) is 1. The fourth-order valence-corrected chi connectivity index (χ4v) is 4.23. The third kappa shape index (κ3) is 3.25. The molecular formula is C23H20N4O2S. The monoisotopic (exact) mass is 416 g/mol. The Balaban J connectivity index is 2.03. The second-order valence-corrected chi connectivity index (χ2v) is 7.60. The van der Waals surface area contributed by atoms with E-state index >= 15 is 0 Å². The normalized spacial score (nSPS) is 15.2. The molecule has 0 saturated heterocycles. The zero-order valence-electron chi connectivity index (χ0n) is 16.8. The maximum absolute atomic E-state index is 13.3. The van der Waals surface area contributed by atoms with Gasteiger partial charge in [0.2, 0.25) is 0 Å². The minimum atomic E-state index is -0.533. The summed E-state index contributed by atoms with van der Waals surface area (Å²) in [4.78, 5) is 18.0. The first-order valence-corrected chi connectivity index (χ1v) is 10.6. The Kier molecular flexibility index (Phi) is 5.34. The van der Waals surface area contributed by atoms with Crippen LogP contribution in [0.5, 0.6) is 5.75 Å². The van der Waals surface area contributed by atoms with E-state index in [1.807, 2.05) is 60.9 Å². The van der Waals surface area contributed by atoms with Gasteiger partial charge in [-0.1, -0.05) is 54.2 Å². The van der Waals surface area contributed by atoms with Crippen LogP contribution >= 0.6 is 11.8 Å². The average molecular weight is 417 g/mol. The summed E-state index contributed by atoms with van der Waals surface area (Å²) in [6, 6.07) is 19.4. The van der Waals surface area contributed by atoms with E-state index in [4.69, 9.17) is 9.72 Å². The van der Waals surface area contributed by atoms with E-state index in [0.29, 0.717) is 33.6 Å². The maximum Gasteiger partial charge on any atom is 0.260 e. The van der Waals surface area contributed by atoms with Gasteiger partial charge in [0.05, 0.1) is 35.9 Å². The van der Waals surface area contributed by atoms with E-state index in [1.165, 1.54) is 16.3 Å². The van der Waals surface area contributed by atoms with E-state index < -0.39 is 5.92 Å². The van der Waals surface area contributed by atoms with Crippen molar-refractivity contribution in [1.82, 2.24) is 9.55 Å². The van der Waals surface area contributed by atoms with Gasteiger partial charge in [0, 0.05) is 7.05 Å². The molecule has 3 aromatic rings. The highest BCUT2D eigenvalue weighted by Crippen LogP contribution is 2.42. The van der Waals surface area contributed by atoms with Crippen molar-refractivity contribution in [3.63, 3.8) is 0 Å². The quantitative estimate of drug-likeness (QED) is 0.511. The number of nitrogens with one attached hydrogen (secondary N) is 1. The summed E-state index contributed by atoms with van der Waals surface area (Å²) < 4.78 is 6.80. The predicted octanol–water partition coefficient (Wildman–Crippen LogP) is 4.00. The summed E-state index contributed by atoms with van der Waals surface area (Å²) in [6.07, 6.45) is 1.88. The highest BCUT2D eigenvalue weighted by Gasteiger charge is 2.34. The Labute approximate surface area is 178 Å². The van der Waals surface area contributed by atoms with Crippen molar-refractivity contribution in [3.05, 3.63) is 87.2 Å². The van der Waals surface area contributed by atoms with Gasteiger partial charge in [0.1, 0.15) is 11.6 Å². The molecule has 0 spiro atoms. The molecule has 7 heteroatoms. The largest absolute Gasteiger partial charge is 0.497 e. The zero-order valence-corrected chi connectivity index (χ0v) is 17.7. The Hall–Kier alpha value is -3.50. The van der Waals surface area contributed by atoms with Gasteiger partial charge in [0.15, 0.2) is 5.16 Å². The van der Waals surface area contributed by atoms with Crippen LogP contribution in [0.15, 0.2) is 70.1 Å². The number of allylic oxidation sites excluding steroid dienone is 1. The summed E-state index contributed by atoms with van der Waals surface area (Å²) >= 11 is 1.40. The van der Waals surface area contributed by atoms with Crippen molar-refractivity contribution < 1.29 is 4.74 Å². The third-order valence-corrected chi connectivity index (χ3v) is 5.92. The van der Waals surface area contributed by atoms with Crippen molar-refractivity contribution in [2.24, 2.45) is 7.05 Å². The number of thioether (sulfide) groups is 1. The Bertz CT molecular complexity index is 1230. The van der Waals surface area contributed by atoms with Crippen molar-refractivity contribution in [1.29, 1.82) is 5.26 Å². The fourth-order valence-electron chi connectivity index (χ4n) is 3.69. The van der Waals surface area contributed by atoms with Crippen LogP contribution < -0.4 is 15.6 Å². The van der Waals surface area contributed by atoms with Crippen LogP contribution in [-0.2, 0) is 7.05 Å². The number of fused-ring (bicyclic) bond motifs is 1. The molecule has 2 heterocycles. The molecule has 0 aliphatic carbocycles. The van der Waals surface area contributed by atoms with Crippen LogP contribution in [-0.4, -0.2) is 22.9 Å². The SMILES string of the molecule is COc1ccc(C2C(C#N)=C(c3ccccc3)Nc3nc(SC)n(C)c(=O)c32)cc1. The average Bonchev–Trinajstić information content (AvgIpc) is 2.80. The number of anilines is 1. The summed E-state index contributed by atoms with van der Waals surface area (Å²) in [5.41, 5.74) is 3.15. The molecule has 4 rings (SSSR count). The van der Waals surface area contributed by atoms with E-state index in [0.717, 1.165) is 11.1 Å². The van der Waals surface area contributed by atoms with Gasteiger partial charge >= 0.3 is 0 Å². The van der Waals surface area contributed by atoms with E-state index in [-0.39, 0.29) is 5.56 Å². The number of rotatable bonds is 4. The van der Waals surface area contributed by atoms with Crippen LogP contribution in [0.1, 0.15) is 22.6 Å². The second kappa shape index (κ2) is 8.09. The molecular weight excluding hydrogens is 396 g/mol. The minimum Gasteiger partial charge on any atom is -0.497 e. The van der Waals surface area contributed by atoms with Crippen LogP contribution in [0, 0.1) is 11.3 Å². The van der Waals surface area contributed by atoms with Gasteiger partial charge in [-0.25, -0.2) is 4.98 Å². The lowest BCUT2D eigenvalue weighted by molar-refractivity contribution is 0.414. The van der Waals surface area contributed by atoms with Crippen molar-refractivity contribution >= 4 is 23.3 Å². The van der Waals surface area contributed by atoms with Gasteiger partial charge < -0.3 is 10.1 Å². The molecule has 1 unspecified atom stereocenters. The number of hydrogen-bond acceptors (Lipinski definition) is 6. The molecule has 1 aromatic heterocycles. The molecule has 0 fully saturated rings. The maximum atomic E-state index is 13.3. The third-order valence-electron chi connectivity index (χ3n) is 5.19. The second-order valence-electron chi connectivity index (χ2n) is 6.82. The van der Waals surface area contributed by atoms with E-state index in [2.05, 4.69) is 11.4 Å². The van der Waals surface area contributed by atoms with Gasteiger partial charge in [-0.2, -0.15) is 5.26 Å². The number of benzene rings is 2. The van der Waals surface area contributed by atoms with E-state index in [9.17, 15) is 10.1 Å². The Morgan fingerprint density at radius 2 is 1.87 bits per heavy atom. The summed E-state index contributed by atoms with van der Waals surface area (Å²) in [5.74, 6) is 0.665. The molecule has 6 nitrogen and oxygen atoms in total. The van der Waals surface area contributed by atoms with Crippen molar-refractivity contribution in [2.45, 2.75) is 11.1 Å². The summed E-state index contributed by atoms with van der Waals surface area (Å²) in [5, 5.41) is 14.0. The minimum absolute atomic E-state index is 0.169. The van der Waals surface area contributed by atoms with E-state index in [1.54, 1.807) is 14.2 Å². The Morgan fingerprint density at radius 3 is 2.47 bits per heavy atom. The smallest absolute Gasteiger partial charge is 0.260 e. The molecule has 1 atom stereocenters. The first kappa shape index (κ1) is 19.8. The predicted molar refractivity (Wildman–Crippen MR) is 119 cm³/mol. The summed E-state index contributed by atoms with van der Waals surface area (Å²) in [6.45, 7) is 0. The molecule has 1 N–H and O–H groups in total. The first-order chi connectivity index (χ1) is 14.6. The van der Waals surface area contributed by atoms with Crippen LogP contribution in [0.25, 0.3) is 5.70 Å². The van der Waals surface area contributed by atoms with Crippen LogP contribution in [0.4, 0.5) is 5.82 Å². The molecule has 0 saturated carbocycles. The molecule has 150 valence electrons. The molecule has 0 amide bonds. The molecule has 1 aliphatic rings. The van der Waals surface area contributed by atoms with Gasteiger partial charge in [-0.05, 0) is 29.5 Å². The molecule has 2 aromatic carbocycles. The van der Waals surface area contributed by atoms with Crippen molar-refractivity contribution in [2.75, 3.05) is 18.7 Å². The lowest BCUT2D eigenvalue weighted by Gasteiger charge is -2.29. The van der Waals surface area contributed by atoms with Crippen LogP contribution in [0.3, 0.4) is 0 Å². The lowest BCUT2D eigenvalue weighted by Crippen LogP contribution is -2.31. The van der Waals surface area contributed by atoms with Gasteiger partial charge in [-0.3, -0.25) is 9.36 Å². The highest BCUT2D eigenvalue weighted by atomic mass is 32.2. The molecule has 0 radical (unpaired) electrons. The zero-order chi connectivity index (χ0) is 21.3. The topological polar surface area (TPSA) is 79.9 Å². The summed E-state index contributed by atoms with van der Waals surface area (Å²) in [7, 11) is 3.31. The molecule has 0 bridgehead atoms. The number of methoxy groups -OCH3 is 1. The van der Waals surface area contributed by atoms with Crippen molar-refractivity contribution in [3.8, 4) is 11.8 Å². The Morgan fingerprint density at radius 1 is 1.17 bits per heavy atom. The first-order valence-electron chi connectivity index (χ1n) is 9.34. The number of nitriles is 1. The fraction of sp³-hybridized carbons (Fsp3) is 0.174. The molecule has 30 heavy (non-hydrogen) atoms. The standard InChI is InChI=1S/C23H20N4O2S/c1-27-22(28)19-18(14-9-11-16(29-2)12-10-14)17(13-24)20(15-7-5-4-6-8-15)25-21(19)26-23(27)30-3/h4-12,18,25H,1-3H3. The number of ether oxygens (including phenoxy) is 1. The number of nitrogens with zero attached hydrogens (tertiary/aromatic N) is 3. The van der Waals surface area contributed by atoms with Gasteiger partial charge in [0.25, 0.3) is 5.56 Å². The highest BCUT2D eigenvalue weighted by molar-refractivity contribution is 7.98. The lowest BCUT2D eigenvalue weighted by atomic mass is 9.81.